The highest BCUT2D eigenvalue weighted by atomic mass is 32.2. The fourth-order valence-corrected chi connectivity index (χ4v) is 4.23. The zero-order chi connectivity index (χ0) is 22.0. The van der Waals surface area contributed by atoms with Crippen molar-refractivity contribution in [2.24, 2.45) is 0 Å². The first-order valence-corrected chi connectivity index (χ1v) is 11.2. The summed E-state index contributed by atoms with van der Waals surface area (Å²) in [6.45, 7) is 5.63. The minimum absolute atomic E-state index is 0.367. The molecule has 0 aliphatic rings. The smallest absolute Gasteiger partial charge is 0.167 e. The van der Waals surface area contributed by atoms with Gasteiger partial charge in [0.1, 0.15) is 16.3 Å². The molecule has 0 aliphatic heterocycles. The molecule has 0 radical (unpaired) electrons. The molecule has 0 amide bonds. The summed E-state index contributed by atoms with van der Waals surface area (Å²) in [5, 5.41) is 5.02. The van der Waals surface area contributed by atoms with Crippen LogP contribution in [0.15, 0.2) is 71.4 Å². The van der Waals surface area contributed by atoms with Crippen LogP contribution in [-0.2, 0) is 17.8 Å². The number of para-hydroxylation sites is 1. The monoisotopic (exact) mass is 437 g/mol. The fraction of sp³-hybridized carbons (Fsp3) is 0.250. The summed E-state index contributed by atoms with van der Waals surface area (Å²) in [7, 11) is 0. The maximum atomic E-state index is 15.3. The molecule has 2 aromatic carbocycles. The van der Waals surface area contributed by atoms with Crippen molar-refractivity contribution in [3.05, 3.63) is 83.9 Å². The van der Waals surface area contributed by atoms with Crippen LogP contribution >= 0.6 is 0 Å². The molecule has 4 aromatic rings. The van der Waals surface area contributed by atoms with Crippen molar-refractivity contribution < 1.29 is 13.5 Å². The molecular formula is C24H24FN3O2S. The lowest BCUT2D eigenvalue weighted by atomic mass is 9.93. The Bertz CT molecular complexity index is 1170. The summed E-state index contributed by atoms with van der Waals surface area (Å²) < 4.78 is 36.4. The van der Waals surface area contributed by atoms with E-state index < -0.39 is 28.0 Å². The molecule has 4 rings (SSSR count). The largest absolute Gasteiger partial charge is 0.598 e. The van der Waals surface area contributed by atoms with E-state index in [-0.39, 0.29) is 0 Å². The minimum Gasteiger partial charge on any atom is -0.598 e. The zero-order valence-electron chi connectivity index (χ0n) is 17.6. The fourth-order valence-electron chi connectivity index (χ4n) is 3.41. The van der Waals surface area contributed by atoms with E-state index in [1.807, 2.05) is 69.3 Å². The van der Waals surface area contributed by atoms with Gasteiger partial charge >= 0.3 is 0 Å². The van der Waals surface area contributed by atoms with Crippen LogP contribution in [0.4, 0.5) is 4.39 Å². The summed E-state index contributed by atoms with van der Waals surface area (Å²) in [4.78, 5) is 4.39. The average Bonchev–Trinajstić information content (AvgIpc) is 3.17. The van der Waals surface area contributed by atoms with E-state index in [0.717, 1.165) is 11.1 Å². The van der Waals surface area contributed by atoms with Gasteiger partial charge in [0.2, 0.25) is 0 Å². The number of aromatic nitrogens is 2. The van der Waals surface area contributed by atoms with Crippen LogP contribution in [0.3, 0.4) is 0 Å². The second kappa shape index (κ2) is 8.78. The number of fused-ring (bicyclic) bond motifs is 1. The third kappa shape index (κ3) is 4.63. The molecule has 0 fully saturated rings. The van der Waals surface area contributed by atoms with Gasteiger partial charge in [-0.25, -0.2) is 4.39 Å². The van der Waals surface area contributed by atoms with Gasteiger partial charge in [-0.3, -0.25) is 4.98 Å². The molecule has 0 aliphatic carbocycles. The molecule has 0 saturated carbocycles. The van der Waals surface area contributed by atoms with E-state index in [0.29, 0.717) is 28.8 Å². The van der Waals surface area contributed by atoms with Crippen molar-refractivity contribution in [3.63, 3.8) is 0 Å². The highest BCUT2D eigenvalue weighted by Gasteiger charge is 2.33. The first kappa shape index (κ1) is 21.5. The first-order valence-electron chi connectivity index (χ1n) is 10.1. The Morgan fingerprint density at radius 3 is 2.58 bits per heavy atom. The Balaban J connectivity index is 1.84. The first-order chi connectivity index (χ1) is 14.8. The molecule has 1 N–H and O–H groups in total. The number of nitrogens with zero attached hydrogens (tertiary/aromatic N) is 2. The van der Waals surface area contributed by atoms with E-state index >= 15 is 4.39 Å². The Hall–Kier alpha value is -2.74. The van der Waals surface area contributed by atoms with Crippen molar-refractivity contribution in [1.29, 1.82) is 0 Å². The Morgan fingerprint density at radius 2 is 1.84 bits per heavy atom. The summed E-state index contributed by atoms with van der Waals surface area (Å²) >= 11 is -1.42. The van der Waals surface area contributed by atoms with Gasteiger partial charge in [0.15, 0.2) is 5.58 Å². The summed E-state index contributed by atoms with van der Waals surface area (Å²) in [5.41, 5.74) is 2.94. The number of hydrogen-bond acceptors (Lipinski definition) is 5. The number of benzene rings is 2. The van der Waals surface area contributed by atoms with Gasteiger partial charge in [0, 0.05) is 46.2 Å². The topological polar surface area (TPSA) is 74.0 Å². The molecule has 0 bridgehead atoms. The highest BCUT2D eigenvalue weighted by molar-refractivity contribution is 7.90. The summed E-state index contributed by atoms with van der Waals surface area (Å²) in [6, 6.07) is 17.3. The zero-order valence-corrected chi connectivity index (χ0v) is 18.4. The normalized spacial score (nSPS) is 14.0. The summed E-state index contributed by atoms with van der Waals surface area (Å²) in [5.74, 6) is -0.399. The predicted octanol–water partition coefficient (Wildman–Crippen LogP) is 5.36. The van der Waals surface area contributed by atoms with Crippen molar-refractivity contribution in [2.75, 3.05) is 0 Å². The lowest BCUT2D eigenvalue weighted by molar-refractivity contribution is 0.459. The molecule has 2 aromatic heterocycles. The van der Waals surface area contributed by atoms with Gasteiger partial charge in [-0.15, -0.1) is 4.72 Å². The molecule has 2 atom stereocenters. The SMILES string of the molecule is CC(C)(C)[S@+]([O-])N[C@@H](Cc1ccccn1)c1c(F)cccc1-c1noc2ccccc12. The molecule has 0 saturated heterocycles. The molecule has 2 heterocycles. The average molecular weight is 438 g/mol. The molecule has 160 valence electrons. The summed E-state index contributed by atoms with van der Waals surface area (Å²) in [6.07, 6.45) is 2.06. The molecule has 0 spiro atoms. The van der Waals surface area contributed by atoms with Crippen LogP contribution in [0.1, 0.15) is 38.1 Å². The van der Waals surface area contributed by atoms with Crippen LogP contribution in [0.25, 0.3) is 22.2 Å². The van der Waals surface area contributed by atoms with Crippen molar-refractivity contribution in [3.8, 4) is 11.3 Å². The maximum absolute atomic E-state index is 15.3. The third-order valence-corrected chi connectivity index (χ3v) is 6.59. The van der Waals surface area contributed by atoms with Crippen LogP contribution in [0.5, 0.6) is 0 Å². The molecular weight excluding hydrogens is 413 g/mol. The Morgan fingerprint density at radius 1 is 1.06 bits per heavy atom. The van der Waals surface area contributed by atoms with Crippen LogP contribution < -0.4 is 4.72 Å². The number of hydrogen-bond donors (Lipinski definition) is 1. The number of nitrogens with one attached hydrogen (secondary N) is 1. The van der Waals surface area contributed by atoms with E-state index in [1.165, 1.54) is 6.07 Å². The van der Waals surface area contributed by atoms with Gasteiger partial charge in [0.05, 0.1) is 6.04 Å². The Kier molecular flexibility index (Phi) is 6.09. The van der Waals surface area contributed by atoms with E-state index in [1.54, 1.807) is 12.3 Å². The van der Waals surface area contributed by atoms with Crippen LogP contribution in [-0.4, -0.2) is 19.4 Å². The minimum atomic E-state index is -1.42. The van der Waals surface area contributed by atoms with Crippen molar-refractivity contribution >= 4 is 22.3 Å². The molecule has 31 heavy (non-hydrogen) atoms. The lowest BCUT2D eigenvalue weighted by Crippen LogP contribution is -2.42. The standard InChI is InChI=1S/C24H24FN3O2S/c1-24(2,3)31(29)28-20(15-16-9-6-7-14-26-16)22-18(11-8-12-19(22)25)23-17-10-4-5-13-21(17)30-27-23/h4-14,20,28H,15H2,1-3H3/t20-,31-/m0/s1. The Labute approximate surface area is 184 Å². The number of rotatable bonds is 6. The molecule has 0 unspecified atom stereocenters. The van der Waals surface area contributed by atoms with Gasteiger partial charge in [-0.2, -0.15) is 0 Å². The van der Waals surface area contributed by atoms with Crippen molar-refractivity contribution in [1.82, 2.24) is 14.9 Å². The van der Waals surface area contributed by atoms with E-state index in [9.17, 15) is 4.55 Å². The highest BCUT2D eigenvalue weighted by Crippen LogP contribution is 2.36. The van der Waals surface area contributed by atoms with E-state index in [4.69, 9.17) is 4.52 Å². The molecule has 5 nitrogen and oxygen atoms in total. The van der Waals surface area contributed by atoms with Gasteiger partial charge in [-0.05, 0) is 51.1 Å². The van der Waals surface area contributed by atoms with Crippen molar-refractivity contribution in [2.45, 2.75) is 38.0 Å². The third-order valence-electron chi connectivity index (χ3n) is 4.98. The second-order valence-electron chi connectivity index (χ2n) is 8.31. The molecule has 7 heteroatoms. The lowest BCUT2D eigenvalue weighted by Gasteiger charge is -2.29. The number of pyridine rings is 1. The second-order valence-corrected chi connectivity index (χ2v) is 10.3. The number of halogens is 1. The van der Waals surface area contributed by atoms with Crippen LogP contribution in [0.2, 0.25) is 0 Å². The van der Waals surface area contributed by atoms with Gasteiger partial charge < -0.3 is 9.08 Å². The van der Waals surface area contributed by atoms with Gasteiger partial charge in [0.25, 0.3) is 0 Å². The maximum Gasteiger partial charge on any atom is 0.167 e. The van der Waals surface area contributed by atoms with Gasteiger partial charge in [-0.1, -0.05) is 35.5 Å². The predicted molar refractivity (Wildman–Crippen MR) is 121 cm³/mol. The van der Waals surface area contributed by atoms with Crippen LogP contribution in [0, 0.1) is 5.82 Å². The van der Waals surface area contributed by atoms with E-state index in [2.05, 4.69) is 14.9 Å². The quantitative estimate of drug-likeness (QED) is 0.411.